The van der Waals surface area contributed by atoms with E-state index in [-0.39, 0.29) is 0 Å². The van der Waals surface area contributed by atoms with Gasteiger partial charge in [-0.3, -0.25) is 0 Å². The molecule has 60 valence electrons. The third kappa shape index (κ3) is 5.41. The van der Waals surface area contributed by atoms with Crippen LogP contribution in [-0.4, -0.2) is 13.7 Å². The molecule has 0 aliphatic rings. The second-order valence-corrected chi connectivity index (χ2v) is 2.01. The molecule has 0 spiro atoms. The Bertz CT molecular complexity index is 193. The van der Waals surface area contributed by atoms with Crippen molar-refractivity contribution in [3.8, 4) is 0 Å². The average Bonchev–Trinajstić information content (AvgIpc) is 2.03. The van der Waals surface area contributed by atoms with E-state index in [4.69, 9.17) is 4.74 Å². The van der Waals surface area contributed by atoms with Crippen LogP contribution in [0.2, 0.25) is 0 Å². The van der Waals surface area contributed by atoms with Crippen LogP contribution in [0.15, 0.2) is 42.2 Å². The molecule has 0 aromatic heterocycles. The maximum atomic E-state index is 4.95. The lowest BCUT2D eigenvalue weighted by atomic mass is 10.2. The van der Waals surface area contributed by atoms with Crippen LogP contribution >= 0.6 is 0 Å². The Balaban J connectivity index is 4.08. The lowest BCUT2D eigenvalue weighted by Crippen LogP contribution is -1.89. The Morgan fingerprint density at radius 2 is 2.36 bits per heavy atom. The summed E-state index contributed by atoms with van der Waals surface area (Å²) < 4.78 is 4.95. The zero-order chi connectivity index (χ0) is 8.53. The van der Waals surface area contributed by atoms with Gasteiger partial charge >= 0.3 is 0 Å². The minimum atomic E-state index is 0.633. The first-order valence-electron chi connectivity index (χ1n) is 3.52. The van der Waals surface area contributed by atoms with Crippen molar-refractivity contribution in [2.45, 2.75) is 6.92 Å². The zero-order valence-corrected chi connectivity index (χ0v) is 7.13. The van der Waals surface area contributed by atoms with Gasteiger partial charge in [0.05, 0.1) is 6.61 Å². The van der Waals surface area contributed by atoms with E-state index in [2.05, 4.69) is 12.3 Å². The summed E-state index contributed by atoms with van der Waals surface area (Å²) in [7, 11) is 1.68. The number of rotatable bonds is 4. The molecule has 0 fully saturated rings. The van der Waals surface area contributed by atoms with Gasteiger partial charge in [-0.15, -0.1) is 5.73 Å². The number of hydrogen-bond acceptors (Lipinski definition) is 1. The molecule has 0 aliphatic carbocycles. The Hall–Kier alpha value is -1.04. The van der Waals surface area contributed by atoms with Crippen LogP contribution in [0.3, 0.4) is 0 Å². The van der Waals surface area contributed by atoms with Crippen molar-refractivity contribution in [1.82, 2.24) is 0 Å². The number of hydrogen-bond donors (Lipinski definition) is 0. The Labute approximate surface area is 68.4 Å². The molecule has 0 radical (unpaired) electrons. The lowest BCUT2D eigenvalue weighted by Gasteiger charge is -1.95. The van der Waals surface area contributed by atoms with Gasteiger partial charge < -0.3 is 4.74 Å². The SMILES string of the molecule is C=CC=C=C/C(=C\C)COC. The first-order chi connectivity index (χ1) is 5.35. The van der Waals surface area contributed by atoms with Crippen molar-refractivity contribution in [2.24, 2.45) is 0 Å². The van der Waals surface area contributed by atoms with E-state index >= 15 is 0 Å². The van der Waals surface area contributed by atoms with E-state index in [0.29, 0.717) is 6.61 Å². The van der Waals surface area contributed by atoms with E-state index in [1.807, 2.05) is 19.1 Å². The van der Waals surface area contributed by atoms with Crippen molar-refractivity contribution in [2.75, 3.05) is 13.7 Å². The Morgan fingerprint density at radius 1 is 1.64 bits per heavy atom. The van der Waals surface area contributed by atoms with Gasteiger partial charge in [0.15, 0.2) is 0 Å². The summed E-state index contributed by atoms with van der Waals surface area (Å²) in [5.41, 5.74) is 4.07. The standard InChI is InChI=1S/C10H14O/c1-4-6-7-8-10(5-2)9-11-3/h4-6,8H,1,9H2,2-3H3/b10-5+. The monoisotopic (exact) mass is 150 g/mol. The van der Waals surface area contributed by atoms with Crippen molar-refractivity contribution in [3.05, 3.63) is 42.2 Å². The maximum Gasteiger partial charge on any atom is 0.0715 e. The number of allylic oxidation sites excluding steroid dienone is 2. The van der Waals surface area contributed by atoms with Gasteiger partial charge in [-0.25, -0.2) is 0 Å². The molecular weight excluding hydrogens is 136 g/mol. The Morgan fingerprint density at radius 3 is 2.82 bits per heavy atom. The van der Waals surface area contributed by atoms with Crippen LogP contribution in [0.5, 0.6) is 0 Å². The van der Waals surface area contributed by atoms with Crippen LogP contribution < -0.4 is 0 Å². The van der Waals surface area contributed by atoms with Gasteiger partial charge in [0.2, 0.25) is 0 Å². The van der Waals surface area contributed by atoms with Crippen LogP contribution in [0.4, 0.5) is 0 Å². The highest BCUT2D eigenvalue weighted by molar-refractivity contribution is 5.18. The third-order valence-electron chi connectivity index (χ3n) is 1.16. The minimum absolute atomic E-state index is 0.633. The van der Waals surface area contributed by atoms with E-state index in [1.165, 1.54) is 0 Å². The first-order valence-corrected chi connectivity index (χ1v) is 3.52. The average molecular weight is 150 g/mol. The Kier molecular flexibility index (Phi) is 6.40. The number of ether oxygens (including phenoxy) is 1. The van der Waals surface area contributed by atoms with Crippen LogP contribution in [0.1, 0.15) is 6.92 Å². The van der Waals surface area contributed by atoms with Crippen molar-refractivity contribution >= 4 is 0 Å². The van der Waals surface area contributed by atoms with Gasteiger partial charge in [0.1, 0.15) is 0 Å². The summed E-state index contributed by atoms with van der Waals surface area (Å²) >= 11 is 0. The highest BCUT2D eigenvalue weighted by atomic mass is 16.5. The topological polar surface area (TPSA) is 9.23 Å². The van der Waals surface area contributed by atoms with Gasteiger partial charge in [-0.2, -0.15) is 0 Å². The smallest absolute Gasteiger partial charge is 0.0715 e. The molecule has 0 aromatic rings. The first kappa shape index (κ1) is 9.96. The molecule has 0 N–H and O–H groups in total. The lowest BCUT2D eigenvalue weighted by molar-refractivity contribution is 0.228. The fourth-order valence-corrected chi connectivity index (χ4v) is 0.598. The highest BCUT2D eigenvalue weighted by Crippen LogP contribution is 1.94. The van der Waals surface area contributed by atoms with Crippen LogP contribution in [0, 0.1) is 0 Å². The zero-order valence-electron chi connectivity index (χ0n) is 7.13. The fourth-order valence-electron chi connectivity index (χ4n) is 0.598. The van der Waals surface area contributed by atoms with Gasteiger partial charge in [0.25, 0.3) is 0 Å². The van der Waals surface area contributed by atoms with E-state index in [9.17, 15) is 0 Å². The molecule has 11 heavy (non-hydrogen) atoms. The second-order valence-electron chi connectivity index (χ2n) is 2.01. The van der Waals surface area contributed by atoms with Gasteiger partial charge in [-0.1, -0.05) is 18.7 Å². The van der Waals surface area contributed by atoms with E-state index in [0.717, 1.165) is 5.57 Å². The summed E-state index contributed by atoms with van der Waals surface area (Å²) in [5, 5.41) is 0. The molecule has 1 nitrogen and oxygen atoms in total. The van der Waals surface area contributed by atoms with Crippen molar-refractivity contribution in [1.29, 1.82) is 0 Å². The predicted octanol–water partition coefficient (Wildman–Crippen LogP) is 2.48. The van der Waals surface area contributed by atoms with Crippen LogP contribution in [0.25, 0.3) is 0 Å². The molecule has 0 bridgehead atoms. The molecule has 0 amide bonds. The van der Waals surface area contributed by atoms with Gasteiger partial charge in [0, 0.05) is 7.11 Å². The van der Waals surface area contributed by atoms with E-state index < -0.39 is 0 Å². The van der Waals surface area contributed by atoms with E-state index in [1.54, 1.807) is 19.3 Å². The molecule has 0 saturated heterocycles. The van der Waals surface area contributed by atoms with Crippen molar-refractivity contribution in [3.63, 3.8) is 0 Å². The fraction of sp³-hybridized carbons (Fsp3) is 0.300. The van der Waals surface area contributed by atoms with Crippen molar-refractivity contribution < 1.29 is 4.74 Å². The molecule has 0 saturated carbocycles. The molecule has 0 rings (SSSR count). The molecule has 0 aliphatic heterocycles. The predicted molar refractivity (Wildman–Crippen MR) is 48.5 cm³/mol. The maximum absolute atomic E-state index is 4.95. The summed E-state index contributed by atoms with van der Waals surface area (Å²) in [6.45, 7) is 6.15. The number of methoxy groups -OCH3 is 1. The third-order valence-corrected chi connectivity index (χ3v) is 1.16. The quantitative estimate of drug-likeness (QED) is 0.442. The summed E-state index contributed by atoms with van der Waals surface area (Å²) in [4.78, 5) is 0. The molecule has 0 unspecified atom stereocenters. The van der Waals surface area contributed by atoms with Gasteiger partial charge in [-0.05, 0) is 24.6 Å². The largest absolute Gasteiger partial charge is 0.380 e. The van der Waals surface area contributed by atoms with Crippen LogP contribution in [-0.2, 0) is 4.74 Å². The molecule has 0 atom stereocenters. The second kappa shape index (κ2) is 7.07. The normalized spacial score (nSPS) is 10.2. The molecule has 1 heteroatoms. The summed E-state index contributed by atoms with van der Waals surface area (Å²) in [6.07, 6.45) is 7.33. The molecule has 0 heterocycles. The minimum Gasteiger partial charge on any atom is -0.380 e. The molecule has 0 aromatic carbocycles. The summed E-state index contributed by atoms with van der Waals surface area (Å²) in [6, 6.07) is 0. The molecular formula is C10H14O. The highest BCUT2D eigenvalue weighted by Gasteiger charge is 1.85. The summed E-state index contributed by atoms with van der Waals surface area (Å²) in [5.74, 6) is 0.